The normalized spacial score (nSPS) is 12.1. The van der Waals surface area contributed by atoms with Crippen LogP contribution >= 0.6 is 11.6 Å². The zero-order chi connectivity index (χ0) is 24.2. The first-order chi connectivity index (χ1) is 16.3. The molecule has 0 fully saturated rings. The maximum absolute atomic E-state index is 12.5. The van der Waals surface area contributed by atoms with E-state index in [9.17, 15) is 9.90 Å². The molecule has 0 aliphatic rings. The predicted octanol–water partition coefficient (Wildman–Crippen LogP) is 5.63. The van der Waals surface area contributed by atoms with Crippen LogP contribution in [0.5, 0.6) is 5.75 Å². The third kappa shape index (κ3) is 5.33. The van der Waals surface area contributed by atoms with Gasteiger partial charge in [0.15, 0.2) is 5.78 Å². The summed E-state index contributed by atoms with van der Waals surface area (Å²) in [5.74, 6) is 0.629. The van der Waals surface area contributed by atoms with Crippen molar-refractivity contribution in [3.05, 3.63) is 94.1 Å². The molecular weight excluding hydrogens is 448 g/mol. The molecule has 5 nitrogen and oxygen atoms in total. The Labute approximate surface area is 204 Å². The molecule has 0 aliphatic heterocycles. The third-order valence-corrected chi connectivity index (χ3v) is 6.14. The summed E-state index contributed by atoms with van der Waals surface area (Å²) in [4.78, 5) is 12.5. The molecule has 4 rings (SSSR count). The average Bonchev–Trinajstić information content (AvgIpc) is 3.11. The molecule has 0 bridgehead atoms. The SMILES string of the molecule is CC(=O)c1c(C)n(-c2ccc(C)cc2)c2ccc(OCC(O)CNCc3ccc(Cl)cc3)cc12. The van der Waals surface area contributed by atoms with Gasteiger partial charge in [-0.1, -0.05) is 41.4 Å². The van der Waals surface area contributed by atoms with Crippen LogP contribution in [0.1, 0.15) is 34.1 Å². The number of ether oxygens (including phenoxy) is 1. The van der Waals surface area contributed by atoms with E-state index in [4.69, 9.17) is 16.3 Å². The summed E-state index contributed by atoms with van der Waals surface area (Å²) in [6.07, 6.45) is -0.672. The van der Waals surface area contributed by atoms with Crippen LogP contribution in [0.25, 0.3) is 16.6 Å². The second-order valence-corrected chi connectivity index (χ2v) is 9.03. The zero-order valence-corrected chi connectivity index (χ0v) is 20.4. The minimum Gasteiger partial charge on any atom is -0.491 e. The van der Waals surface area contributed by atoms with E-state index in [0.29, 0.717) is 29.4 Å². The number of aryl methyl sites for hydroxylation is 1. The van der Waals surface area contributed by atoms with Gasteiger partial charge < -0.3 is 19.7 Å². The van der Waals surface area contributed by atoms with Crippen LogP contribution in [0.4, 0.5) is 0 Å². The molecule has 2 N–H and O–H groups in total. The number of aliphatic hydroxyl groups excluding tert-OH is 1. The number of hydrogen-bond donors (Lipinski definition) is 2. The fourth-order valence-corrected chi connectivity index (χ4v) is 4.32. The molecule has 34 heavy (non-hydrogen) atoms. The minimum absolute atomic E-state index is 0.0111. The zero-order valence-electron chi connectivity index (χ0n) is 19.6. The first-order valence-electron chi connectivity index (χ1n) is 11.3. The van der Waals surface area contributed by atoms with Gasteiger partial charge in [0.2, 0.25) is 0 Å². The van der Waals surface area contributed by atoms with Crippen molar-refractivity contribution >= 4 is 28.3 Å². The largest absolute Gasteiger partial charge is 0.491 e. The Bertz CT molecular complexity index is 1290. The number of aromatic nitrogens is 1. The number of nitrogens with one attached hydrogen (secondary N) is 1. The van der Waals surface area contributed by atoms with Crippen molar-refractivity contribution < 1.29 is 14.6 Å². The number of ketones is 1. The molecule has 3 aromatic carbocycles. The second-order valence-electron chi connectivity index (χ2n) is 8.59. The second kappa shape index (κ2) is 10.4. The van der Waals surface area contributed by atoms with Crippen molar-refractivity contribution in [1.82, 2.24) is 9.88 Å². The highest BCUT2D eigenvalue weighted by Crippen LogP contribution is 2.32. The standard InChI is InChI=1S/C28H29ClN2O3/c1-18-4-10-23(11-5-18)31-19(2)28(20(3)32)26-14-25(12-13-27(26)31)34-17-24(33)16-30-15-21-6-8-22(29)9-7-21/h4-14,24,30,33H,15-17H2,1-3H3. The highest BCUT2D eigenvalue weighted by Gasteiger charge is 2.19. The van der Waals surface area contributed by atoms with E-state index in [-0.39, 0.29) is 12.4 Å². The van der Waals surface area contributed by atoms with Gasteiger partial charge in [0.05, 0.1) is 5.52 Å². The number of nitrogens with zero attached hydrogens (tertiary/aromatic N) is 1. The lowest BCUT2D eigenvalue weighted by atomic mass is 10.1. The van der Waals surface area contributed by atoms with Crippen molar-refractivity contribution in [2.75, 3.05) is 13.2 Å². The van der Waals surface area contributed by atoms with Crippen LogP contribution in [0, 0.1) is 13.8 Å². The Morgan fingerprint density at radius 2 is 1.76 bits per heavy atom. The van der Waals surface area contributed by atoms with Crippen molar-refractivity contribution in [2.45, 2.75) is 33.4 Å². The number of benzene rings is 3. The fourth-order valence-electron chi connectivity index (χ4n) is 4.20. The molecule has 0 saturated carbocycles. The van der Waals surface area contributed by atoms with Gasteiger partial charge in [0.25, 0.3) is 0 Å². The van der Waals surface area contributed by atoms with Gasteiger partial charge in [-0.3, -0.25) is 4.79 Å². The van der Waals surface area contributed by atoms with E-state index < -0.39 is 6.10 Å². The summed E-state index contributed by atoms with van der Waals surface area (Å²) < 4.78 is 7.97. The predicted molar refractivity (Wildman–Crippen MR) is 137 cm³/mol. The van der Waals surface area contributed by atoms with Crippen LogP contribution in [0.2, 0.25) is 5.02 Å². The number of hydrogen-bond acceptors (Lipinski definition) is 4. The summed E-state index contributed by atoms with van der Waals surface area (Å²) in [7, 11) is 0. The van der Waals surface area contributed by atoms with Crippen LogP contribution in [0.3, 0.4) is 0 Å². The quantitative estimate of drug-likeness (QED) is 0.307. The molecular formula is C28H29ClN2O3. The lowest BCUT2D eigenvalue weighted by Gasteiger charge is -2.14. The van der Waals surface area contributed by atoms with Gasteiger partial charge in [-0.2, -0.15) is 0 Å². The summed E-state index contributed by atoms with van der Waals surface area (Å²) in [5.41, 5.74) is 5.82. The summed E-state index contributed by atoms with van der Waals surface area (Å²) in [6, 6.07) is 21.6. The highest BCUT2D eigenvalue weighted by atomic mass is 35.5. The van der Waals surface area contributed by atoms with E-state index in [1.54, 1.807) is 6.92 Å². The monoisotopic (exact) mass is 476 g/mol. The first-order valence-corrected chi connectivity index (χ1v) is 11.7. The molecule has 0 spiro atoms. The molecule has 1 unspecified atom stereocenters. The number of fused-ring (bicyclic) bond motifs is 1. The molecule has 1 atom stereocenters. The van der Waals surface area contributed by atoms with Crippen LogP contribution < -0.4 is 10.1 Å². The average molecular weight is 477 g/mol. The Morgan fingerprint density at radius 1 is 1.06 bits per heavy atom. The van der Waals surface area contributed by atoms with E-state index >= 15 is 0 Å². The summed E-state index contributed by atoms with van der Waals surface area (Å²) in [5, 5.41) is 15.1. The van der Waals surface area contributed by atoms with Gasteiger partial charge in [-0.15, -0.1) is 0 Å². The first kappa shape index (κ1) is 24.0. The van der Waals surface area contributed by atoms with Crippen molar-refractivity contribution in [1.29, 1.82) is 0 Å². The Morgan fingerprint density at radius 3 is 2.44 bits per heavy atom. The number of carbonyl (C=O) groups excluding carboxylic acids is 1. The molecule has 1 aromatic heterocycles. The molecule has 6 heteroatoms. The van der Waals surface area contributed by atoms with E-state index in [2.05, 4.69) is 41.1 Å². The van der Waals surface area contributed by atoms with E-state index in [1.165, 1.54) is 5.56 Å². The number of halogens is 1. The molecule has 4 aromatic rings. The van der Waals surface area contributed by atoms with Gasteiger partial charge in [-0.05, 0) is 68.8 Å². The number of rotatable bonds is 9. The maximum atomic E-state index is 12.5. The Kier molecular flexibility index (Phi) is 7.37. The fraction of sp³-hybridized carbons (Fsp3) is 0.250. The van der Waals surface area contributed by atoms with Crippen LogP contribution in [-0.2, 0) is 6.54 Å². The Hall–Kier alpha value is -3.12. The number of carbonyl (C=O) groups is 1. The lowest BCUT2D eigenvalue weighted by Crippen LogP contribution is -2.31. The van der Waals surface area contributed by atoms with Gasteiger partial charge >= 0.3 is 0 Å². The summed E-state index contributed by atoms with van der Waals surface area (Å²) in [6.45, 7) is 6.78. The molecule has 0 amide bonds. The maximum Gasteiger partial charge on any atom is 0.162 e. The molecule has 1 heterocycles. The molecule has 176 valence electrons. The van der Waals surface area contributed by atoms with Crippen molar-refractivity contribution in [3.63, 3.8) is 0 Å². The molecule has 0 radical (unpaired) electrons. The third-order valence-electron chi connectivity index (χ3n) is 5.88. The Balaban J connectivity index is 1.47. The van der Waals surface area contributed by atoms with E-state index in [0.717, 1.165) is 27.8 Å². The number of Topliss-reactive ketones (excluding diaryl/α,β-unsaturated/α-hetero) is 1. The van der Waals surface area contributed by atoms with Crippen molar-refractivity contribution in [2.24, 2.45) is 0 Å². The van der Waals surface area contributed by atoms with E-state index in [1.807, 2.05) is 49.4 Å². The van der Waals surface area contributed by atoms with Gasteiger partial charge in [0, 0.05) is 40.4 Å². The van der Waals surface area contributed by atoms with Crippen LogP contribution in [-0.4, -0.2) is 34.7 Å². The topological polar surface area (TPSA) is 63.5 Å². The number of aliphatic hydroxyl groups is 1. The van der Waals surface area contributed by atoms with Crippen molar-refractivity contribution in [3.8, 4) is 11.4 Å². The lowest BCUT2D eigenvalue weighted by molar-refractivity contribution is 0.101. The molecule has 0 saturated heterocycles. The highest BCUT2D eigenvalue weighted by molar-refractivity contribution is 6.30. The van der Waals surface area contributed by atoms with Gasteiger partial charge in [0.1, 0.15) is 18.5 Å². The molecule has 0 aliphatic carbocycles. The van der Waals surface area contributed by atoms with Crippen LogP contribution in [0.15, 0.2) is 66.7 Å². The minimum atomic E-state index is -0.672. The summed E-state index contributed by atoms with van der Waals surface area (Å²) >= 11 is 5.91. The van der Waals surface area contributed by atoms with Gasteiger partial charge in [-0.25, -0.2) is 0 Å². The smallest absolute Gasteiger partial charge is 0.162 e.